The monoisotopic (exact) mass is 236 g/mol. The van der Waals surface area contributed by atoms with Crippen LogP contribution in [0.3, 0.4) is 0 Å². The summed E-state index contributed by atoms with van der Waals surface area (Å²) in [5.74, 6) is -0.681. The Labute approximate surface area is 97.5 Å². The molecule has 1 aromatic carbocycles. The van der Waals surface area contributed by atoms with Crippen LogP contribution in [0.5, 0.6) is 5.75 Å². The van der Waals surface area contributed by atoms with Gasteiger partial charge in [0.15, 0.2) is 5.82 Å². The summed E-state index contributed by atoms with van der Waals surface area (Å²) in [7, 11) is 0. The first kappa shape index (κ1) is 11.4. The number of carbonyl (C=O) groups is 1. The van der Waals surface area contributed by atoms with Gasteiger partial charge in [-0.05, 0) is 18.1 Å². The highest BCUT2D eigenvalue weighted by atomic mass is 19.1. The highest BCUT2D eigenvalue weighted by Crippen LogP contribution is 2.26. The smallest absolute Gasteiger partial charge is 0.216 e. The molecule has 2 rings (SSSR count). The Balaban J connectivity index is 2.26. The molecule has 0 aliphatic rings. The summed E-state index contributed by atoms with van der Waals surface area (Å²) in [4.78, 5) is 13.5. The number of fused-ring (bicyclic) bond motifs is 1. The first-order chi connectivity index (χ1) is 8.08. The fourth-order valence-electron chi connectivity index (χ4n) is 1.81. The van der Waals surface area contributed by atoms with Crippen LogP contribution in [0.2, 0.25) is 0 Å². The second kappa shape index (κ2) is 4.45. The van der Waals surface area contributed by atoms with Gasteiger partial charge in [0.1, 0.15) is 5.75 Å². The standard InChI is InChI=1S/C12H13FN2O2/c1-7(16)14-3-2-8-6-15-12-10(8)4-9(17)5-11(12)13/h4-6,15,17H,2-3H2,1H3,(H,14,16). The minimum Gasteiger partial charge on any atom is -0.508 e. The number of phenolic OH excluding ortho intramolecular Hbond substituents is 1. The lowest BCUT2D eigenvalue weighted by atomic mass is 10.1. The van der Waals surface area contributed by atoms with Crippen molar-refractivity contribution in [2.24, 2.45) is 0 Å². The molecule has 0 saturated heterocycles. The molecule has 4 nitrogen and oxygen atoms in total. The van der Waals surface area contributed by atoms with Gasteiger partial charge in [0, 0.05) is 31.1 Å². The number of phenols is 1. The van der Waals surface area contributed by atoms with Crippen LogP contribution in [-0.2, 0) is 11.2 Å². The molecule has 3 N–H and O–H groups in total. The van der Waals surface area contributed by atoms with Crippen LogP contribution in [0.4, 0.5) is 4.39 Å². The molecule has 0 aliphatic heterocycles. The van der Waals surface area contributed by atoms with Gasteiger partial charge in [-0.2, -0.15) is 0 Å². The van der Waals surface area contributed by atoms with Gasteiger partial charge in [-0.1, -0.05) is 0 Å². The zero-order valence-corrected chi connectivity index (χ0v) is 9.38. The second-order valence-corrected chi connectivity index (χ2v) is 3.90. The predicted octanol–water partition coefficient (Wildman–Crippen LogP) is 1.69. The molecule has 1 amide bonds. The Kier molecular flexibility index (Phi) is 2.99. The summed E-state index contributed by atoms with van der Waals surface area (Å²) < 4.78 is 13.4. The molecule has 0 radical (unpaired) electrons. The van der Waals surface area contributed by atoms with Crippen LogP contribution in [0, 0.1) is 5.82 Å². The zero-order valence-electron chi connectivity index (χ0n) is 9.38. The number of hydrogen-bond donors (Lipinski definition) is 3. The van der Waals surface area contributed by atoms with Crippen molar-refractivity contribution in [1.82, 2.24) is 10.3 Å². The van der Waals surface area contributed by atoms with Crippen LogP contribution in [0.25, 0.3) is 10.9 Å². The third-order valence-corrected chi connectivity index (χ3v) is 2.58. The molecule has 0 spiro atoms. The number of halogens is 1. The molecular weight excluding hydrogens is 223 g/mol. The molecule has 1 heterocycles. The number of aromatic hydroxyl groups is 1. The van der Waals surface area contributed by atoms with Crippen LogP contribution in [0.15, 0.2) is 18.3 Å². The van der Waals surface area contributed by atoms with E-state index in [4.69, 9.17) is 0 Å². The predicted molar refractivity (Wildman–Crippen MR) is 62.3 cm³/mol. The number of hydrogen-bond acceptors (Lipinski definition) is 2. The number of carbonyl (C=O) groups excluding carboxylic acids is 1. The van der Waals surface area contributed by atoms with Gasteiger partial charge in [0.25, 0.3) is 0 Å². The summed E-state index contributed by atoms with van der Waals surface area (Å²) in [5.41, 5.74) is 1.24. The average molecular weight is 236 g/mol. The maximum absolute atomic E-state index is 13.4. The lowest BCUT2D eigenvalue weighted by Crippen LogP contribution is -2.22. The van der Waals surface area contributed by atoms with E-state index in [0.717, 1.165) is 11.6 Å². The van der Waals surface area contributed by atoms with Gasteiger partial charge in [-0.25, -0.2) is 4.39 Å². The summed E-state index contributed by atoms with van der Waals surface area (Å²) in [6.07, 6.45) is 2.28. The molecule has 90 valence electrons. The zero-order chi connectivity index (χ0) is 12.4. The van der Waals surface area contributed by atoms with Crippen molar-refractivity contribution in [2.75, 3.05) is 6.54 Å². The fraction of sp³-hybridized carbons (Fsp3) is 0.250. The first-order valence-corrected chi connectivity index (χ1v) is 5.31. The van der Waals surface area contributed by atoms with Crippen LogP contribution in [0.1, 0.15) is 12.5 Å². The van der Waals surface area contributed by atoms with E-state index in [-0.39, 0.29) is 11.7 Å². The van der Waals surface area contributed by atoms with E-state index in [1.54, 1.807) is 6.20 Å². The molecule has 0 unspecified atom stereocenters. The minimum absolute atomic E-state index is 0.0983. The Morgan fingerprint density at radius 1 is 1.53 bits per heavy atom. The Morgan fingerprint density at radius 3 is 3.00 bits per heavy atom. The summed E-state index contributed by atoms with van der Waals surface area (Å²) in [6.45, 7) is 1.93. The lowest BCUT2D eigenvalue weighted by Gasteiger charge is -2.01. The van der Waals surface area contributed by atoms with Gasteiger partial charge in [-0.15, -0.1) is 0 Å². The van der Waals surface area contributed by atoms with Crippen molar-refractivity contribution < 1.29 is 14.3 Å². The quantitative estimate of drug-likeness (QED) is 0.759. The molecule has 5 heteroatoms. The molecule has 0 atom stereocenters. The van der Waals surface area contributed by atoms with E-state index < -0.39 is 5.82 Å². The number of H-pyrrole nitrogens is 1. The van der Waals surface area contributed by atoms with Gasteiger partial charge >= 0.3 is 0 Å². The summed E-state index contributed by atoms with van der Waals surface area (Å²) in [6, 6.07) is 2.58. The molecule has 17 heavy (non-hydrogen) atoms. The maximum atomic E-state index is 13.4. The van der Waals surface area contributed by atoms with Crippen molar-refractivity contribution in [1.29, 1.82) is 0 Å². The molecule has 1 aromatic heterocycles. The van der Waals surface area contributed by atoms with E-state index in [1.807, 2.05) is 0 Å². The van der Waals surface area contributed by atoms with Crippen LogP contribution < -0.4 is 5.32 Å². The number of benzene rings is 1. The molecular formula is C12H13FN2O2. The van der Waals surface area contributed by atoms with E-state index in [0.29, 0.717) is 23.9 Å². The lowest BCUT2D eigenvalue weighted by molar-refractivity contribution is -0.118. The SMILES string of the molecule is CC(=O)NCCc1c[nH]c2c(F)cc(O)cc12. The van der Waals surface area contributed by atoms with E-state index in [9.17, 15) is 14.3 Å². The topological polar surface area (TPSA) is 65.1 Å². The number of aromatic amines is 1. The second-order valence-electron chi connectivity index (χ2n) is 3.90. The van der Waals surface area contributed by atoms with Gasteiger partial charge < -0.3 is 15.4 Å². The van der Waals surface area contributed by atoms with Gasteiger partial charge in [0.05, 0.1) is 5.52 Å². The van der Waals surface area contributed by atoms with Gasteiger partial charge in [0.2, 0.25) is 5.91 Å². The first-order valence-electron chi connectivity index (χ1n) is 5.31. The molecule has 0 saturated carbocycles. The Morgan fingerprint density at radius 2 is 2.29 bits per heavy atom. The Bertz CT molecular complexity index is 563. The van der Waals surface area contributed by atoms with E-state index in [2.05, 4.69) is 10.3 Å². The van der Waals surface area contributed by atoms with Crippen molar-refractivity contribution in [3.63, 3.8) is 0 Å². The van der Waals surface area contributed by atoms with Crippen molar-refractivity contribution in [2.45, 2.75) is 13.3 Å². The summed E-state index contributed by atoms with van der Waals surface area (Å²) in [5, 5.41) is 12.7. The van der Waals surface area contributed by atoms with Crippen LogP contribution >= 0.6 is 0 Å². The number of amides is 1. The van der Waals surface area contributed by atoms with Crippen molar-refractivity contribution >= 4 is 16.8 Å². The maximum Gasteiger partial charge on any atom is 0.216 e. The number of aromatic nitrogens is 1. The van der Waals surface area contributed by atoms with Gasteiger partial charge in [-0.3, -0.25) is 4.79 Å². The van der Waals surface area contributed by atoms with E-state index in [1.165, 1.54) is 13.0 Å². The van der Waals surface area contributed by atoms with Crippen molar-refractivity contribution in [3.05, 3.63) is 29.7 Å². The minimum atomic E-state index is -0.481. The number of nitrogens with one attached hydrogen (secondary N) is 2. The normalized spacial score (nSPS) is 10.7. The highest BCUT2D eigenvalue weighted by molar-refractivity contribution is 5.85. The summed E-state index contributed by atoms with van der Waals surface area (Å²) >= 11 is 0. The van der Waals surface area contributed by atoms with Crippen molar-refractivity contribution in [3.8, 4) is 5.75 Å². The third-order valence-electron chi connectivity index (χ3n) is 2.58. The molecule has 0 aliphatic carbocycles. The molecule has 0 bridgehead atoms. The largest absolute Gasteiger partial charge is 0.508 e. The van der Waals surface area contributed by atoms with Crippen LogP contribution in [-0.4, -0.2) is 22.5 Å². The number of rotatable bonds is 3. The Hall–Kier alpha value is -2.04. The molecule has 2 aromatic rings. The average Bonchev–Trinajstić information content (AvgIpc) is 2.61. The fourth-order valence-corrected chi connectivity index (χ4v) is 1.81. The third kappa shape index (κ3) is 2.38. The highest BCUT2D eigenvalue weighted by Gasteiger charge is 2.09. The van der Waals surface area contributed by atoms with E-state index >= 15 is 0 Å². The molecule has 0 fully saturated rings.